The maximum absolute atomic E-state index is 12.1. The highest BCUT2D eigenvalue weighted by Crippen LogP contribution is 2.40. The summed E-state index contributed by atoms with van der Waals surface area (Å²) < 4.78 is 2.20. The second kappa shape index (κ2) is 9.22. The van der Waals surface area contributed by atoms with Crippen LogP contribution in [0, 0.1) is 5.92 Å². The first-order chi connectivity index (χ1) is 14.1. The number of hydrogen-bond donors (Lipinski definition) is 0. The van der Waals surface area contributed by atoms with Gasteiger partial charge >= 0.3 is 0 Å². The zero-order valence-electron chi connectivity index (χ0n) is 18.0. The van der Waals surface area contributed by atoms with Crippen LogP contribution >= 0.6 is 11.6 Å². The van der Waals surface area contributed by atoms with Gasteiger partial charge in [0.25, 0.3) is 0 Å². The van der Waals surface area contributed by atoms with Gasteiger partial charge in [0.1, 0.15) is 0 Å². The molecule has 0 N–H and O–H groups in total. The lowest BCUT2D eigenvalue weighted by atomic mass is 9.86. The van der Waals surface area contributed by atoms with Crippen molar-refractivity contribution in [2.45, 2.75) is 90.3 Å². The first-order valence-corrected chi connectivity index (χ1v) is 12.0. The molecule has 1 aromatic carbocycles. The Kier molecular flexibility index (Phi) is 6.66. The topological polar surface area (TPSA) is 25.2 Å². The zero-order chi connectivity index (χ0) is 20.4. The summed E-state index contributed by atoms with van der Waals surface area (Å²) in [4.78, 5) is 14.9. The molecule has 1 aromatic heterocycles. The smallest absolute Gasteiger partial charge is 0.161 e. The van der Waals surface area contributed by atoms with Gasteiger partial charge in [-0.3, -0.25) is 9.69 Å². The molecule has 0 spiro atoms. The zero-order valence-corrected chi connectivity index (χ0v) is 18.8. The Morgan fingerprint density at radius 1 is 1.10 bits per heavy atom. The molecule has 2 atom stereocenters. The number of ketones is 1. The Balaban J connectivity index is 1.37. The minimum absolute atomic E-state index is 0.110. The first-order valence-electron chi connectivity index (χ1n) is 11.6. The van der Waals surface area contributed by atoms with E-state index >= 15 is 0 Å². The van der Waals surface area contributed by atoms with E-state index in [4.69, 9.17) is 11.6 Å². The summed E-state index contributed by atoms with van der Waals surface area (Å²) in [6, 6.07) is 7.48. The number of aryl methyl sites for hydroxylation is 1. The lowest BCUT2D eigenvalue weighted by Gasteiger charge is -2.39. The molecule has 2 saturated heterocycles. The van der Waals surface area contributed by atoms with Crippen LogP contribution in [0.2, 0.25) is 5.02 Å². The molecular formula is C25H35ClN2O. The molecular weight excluding hydrogens is 380 g/mol. The molecule has 3 heterocycles. The molecule has 0 radical (unpaired) electrons. The van der Waals surface area contributed by atoms with E-state index in [1.807, 2.05) is 24.4 Å². The van der Waals surface area contributed by atoms with Crippen LogP contribution in [0.5, 0.6) is 0 Å². The van der Waals surface area contributed by atoms with Crippen molar-refractivity contribution < 1.29 is 4.79 Å². The van der Waals surface area contributed by atoms with Crippen molar-refractivity contribution in [3.8, 4) is 0 Å². The molecule has 2 aliphatic heterocycles. The molecule has 2 fully saturated rings. The number of nitrogens with zero attached hydrogens (tertiary/aromatic N) is 2. The van der Waals surface area contributed by atoms with Crippen LogP contribution in [0.3, 0.4) is 0 Å². The second-order valence-corrected chi connectivity index (χ2v) is 9.65. The molecule has 2 aliphatic rings. The number of piperidine rings is 1. The van der Waals surface area contributed by atoms with Gasteiger partial charge in [0, 0.05) is 42.3 Å². The van der Waals surface area contributed by atoms with Crippen LogP contribution in [0.1, 0.15) is 82.0 Å². The predicted molar refractivity (Wildman–Crippen MR) is 122 cm³/mol. The summed E-state index contributed by atoms with van der Waals surface area (Å²) in [5, 5.41) is 1.72. The third-order valence-electron chi connectivity index (χ3n) is 7.24. The summed E-state index contributed by atoms with van der Waals surface area (Å²) in [5.41, 5.74) is 1.80. The Morgan fingerprint density at radius 2 is 1.86 bits per heavy atom. The number of unbranched alkanes of at least 4 members (excludes halogenated alkanes) is 2. The normalized spacial score (nSPS) is 24.4. The maximum Gasteiger partial charge on any atom is 0.161 e. The van der Waals surface area contributed by atoms with Crippen molar-refractivity contribution >= 4 is 28.3 Å². The number of carbonyl (C=O) groups excluding carboxylic acids is 1. The van der Waals surface area contributed by atoms with Crippen LogP contribution in [0.15, 0.2) is 24.4 Å². The number of aromatic nitrogens is 1. The van der Waals surface area contributed by atoms with E-state index < -0.39 is 0 Å². The Hall–Kier alpha value is -1.32. The minimum atomic E-state index is 0.110. The van der Waals surface area contributed by atoms with E-state index in [1.165, 1.54) is 51.4 Å². The van der Waals surface area contributed by atoms with Crippen molar-refractivity contribution in [3.05, 3.63) is 35.0 Å². The molecule has 0 aliphatic carbocycles. The molecule has 4 heteroatoms. The third-order valence-corrected chi connectivity index (χ3v) is 7.55. The van der Waals surface area contributed by atoms with Crippen LogP contribution in [-0.4, -0.2) is 33.9 Å². The highest BCUT2D eigenvalue weighted by Gasteiger charge is 2.39. The SMILES string of the molecule is CCCCCC1CC2CCC(C1)N2CCCn1cc(C(C)=O)c2cccc(Cl)c21. The summed E-state index contributed by atoms with van der Waals surface area (Å²) in [7, 11) is 0. The average Bonchev–Trinajstić information content (AvgIpc) is 3.18. The van der Waals surface area contributed by atoms with Crippen molar-refractivity contribution in [2.24, 2.45) is 5.92 Å². The lowest BCUT2D eigenvalue weighted by molar-refractivity contribution is 0.0966. The predicted octanol–water partition coefficient (Wildman–Crippen LogP) is 6.71. The highest BCUT2D eigenvalue weighted by molar-refractivity contribution is 6.35. The van der Waals surface area contributed by atoms with E-state index in [0.29, 0.717) is 0 Å². The second-order valence-electron chi connectivity index (χ2n) is 9.24. The fourth-order valence-corrected chi connectivity index (χ4v) is 6.15. The summed E-state index contributed by atoms with van der Waals surface area (Å²) in [6.45, 7) is 6.02. The van der Waals surface area contributed by atoms with Gasteiger partial charge in [-0.25, -0.2) is 0 Å². The Labute approximate surface area is 180 Å². The summed E-state index contributed by atoms with van der Waals surface area (Å²) in [5.74, 6) is 1.07. The average molecular weight is 415 g/mol. The maximum atomic E-state index is 12.1. The number of carbonyl (C=O) groups is 1. The fourth-order valence-electron chi connectivity index (χ4n) is 5.87. The Morgan fingerprint density at radius 3 is 2.55 bits per heavy atom. The van der Waals surface area contributed by atoms with Crippen LogP contribution in [0.4, 0.5) is 0 Å². The minimum Gasteiger partial charge on any atom is -0.345 e. The van der Waals surface area contributed by atoms with E-state index in [2.05, 4.69) is 16.4 Å². The van der Waals surface area contributed by atoms with Crippen molar-refractivity contribution in [2.75, 3.05) is 6.54 Å². The number of para-hydroxylation sites is 1. The van der Waals surface area contributed by atoms with Gasteiger partial charge in [0.05, 0.1) is 10.5 Å². The van der Waals surface area contributed by atoms with Crippen molar-refractivity contribution in [3.63, 3.8) is 0 Å². The number of benzene rings is 1. The van der Waals surface area contributed by atoms with Crippen molar-refractivity contribution in [1.29, 1.82) is 0 Å². The van der Waals surface area contributed by atoms with Crippen LogP contribution in [-0.2, 0) is 6.54 Å². The van der Waals surface area contributed by atoms with Crippen molar-refractivity contribution in [1.82, 2.24) is 9.47 Å². The standard InChI is InChI=1S/C25H35ClN2O/c1-3-4-5-8-19-15-20-11-12-21(16-19)28(20)14-7-13-27-17-23(18(2)29)22-9-6-10-24(26)25(22)27/h6,9-10,17,19-21H,3-5,7-8,11-16H2,1-2H3. The molecule has 158 valence electrons. The van der Waals surface area contributed by atoms with Gasteiger partial charge in [0.15, 0.2) is 5.78 Å². The molecule has 0 saturated carbocycles. The summed E-state index contributed by atoms with van der Waals surface area (Å²) in [6.07, 6.45) is 14.3. The summed E-state index contributed by atoms with van der Waals surface area (Å²) >= 11 is 6.49. The molecule has 2 unspecified atom stereocenters. The van der Waals surface area contributed by atoms with Gasteiger partial charge < -0.3 is 4.57 Å². The van der Waals surface area contributed by atoms with Gasteiger partial charge in [-0.2, -0.15) is 0 Å². The van der Waals surface area contributed by atoms with Gasteiger partial charge in [0.2, 0.25) is 0 Å². The van der Waals surface area contributed by atoms with Crippen LogP contribution in [0.25, 0.3) is 10.9 Å². The monoisotopic (exact) mass is 414 g/mol. The van der Waals surface area contributed by atoms with E-state index in [0.717, 1.165) is 59.0 Å². The van der Waals surface area contributed by atoms with E-state index in [1.54, 1.807) is 6.92 Å². The number of rotatable bonds is 9. The number of Topliss-reactive ketones (excluding diaryl/α,β-unsaturated/α-hetero) is 1. The number of fused-ring (bicyclic) bond motifs is 3. The molecule has 2 aromatic rings. The van der Waals surface area contributed by atoms with Gasteiger partial charge in [-0.1, -0.05) is 56.3 Å². The van der Waals surface area contributed by atoms with E-state index in [9.17, 15) is 4.79 Å². The Bertz CT molecular complexity index is 844. The molecule has 3 nitrogen and oxygen atoms in total. The molecule has 29 heavy (non-hydrogen) atoms. The lowest BCUT2D eigenvalue weighted by Crippen LogP contribution is -2.43. The van der Waals surface area contributed by atoms with E-state index in [-0.39, 0.29) is 5.78 Å². The first kappa shape index (κ1) is 20.9. The van der Waals surface area contributed by atoms with Gasteiger partial charge in [-0.05, 0) is 51.0 Å². The molecule has 4 rings (SSSR count). The van der Waals surface area contributed by atoms with Crippen LogP contribution < -0.4 is 0 Å². The highest BCUT2D eigenvalue weighted by atomic mass is 35.5. The quantitative estimate of drug-likeness (QED) is 0.336. The van der Waals surface area contributed by atoms with Gasteiger partial charge in [-0.15, -0.1) is 0 Å². The molecule has 2 bridgehead atoms. The fraction of sp³-hybridized carbons (Fsp3) is 0.640. The third kappa shape index (κ3) is 4.41. The number of halogens is 1. The number of hydrogen-bond acceptors (Lipinski definition) is 2. The molecule has 0 amide bonds. The largest absolute Gasteiger partial charge is 0.345 e.